The number of fused-ring (bicyclic) bond motifs is 1. The summed E-state index contributed by atoms with van der Waals surface area (Å²) in [5.41, 5.74) is 8.19. The lowest BCUT2D eigenvalue weighted by Crippen LogP contribution is -2.09. The number of aromatic nitrogens is 3. The molecule has 1 atom stereocenters. The van der Waals surface area contributed by atoms with Crippen LogP contribution in [-0.4, -0.2) is 54.2 Å². The summed E-state index contributed by atoms with van der Waals surface area (Å²) in [6, 6.07) is 24.5. The van der Waals surface area contributed by atoms with Crippen LogP contribution >= 0.6 is 0 Å². The van der Waals surface area contributed by atoms with Gasteiger partial charge in [0.1, 0.15) is 5.82 Å². The summed E-state index contributed by atoms with van der Waals surface area (Å²) < 4.78 is 0. The SMILES string of the molecule is CC(C(=O)O)c1[nH]c2ccccc2c1-c1nc(-c2ccc(N(C)C)cc2)c(-c2ccc(N(C)C)cc2)[nH]1. The molecular weight excluding hydrogens is 462 g/mol. The number of para-hydroxylation sites is 1. The molecular formula is C30H31N5O2. The quantitative estimate of drug-likeness (QED) is 0.251. The Labute approximate surface area is 216 Å². The van der Waals surface area contributed by atoms with E-state index in [1.165, 1.54) is 0 Å². The first-order chi connectivity index (χ1) is 17.7. The summed E-state index contributed by atoms with van der Waals surface area (Å²) in [5, 5.41) is 10.8. The highest BCUT2D eigenvalue weighted by Crippen LogP contribution is 2.39. The van der Waals surface area contributed by atoms with Crippen LogP contribution in [0.1, 0.15) is 18.5 Å². The molecule has 0 spiro atoms. The van der Waals surface area contributed by atoms with E-state index in [9.17, 15) is 9.90 Å². The van der Waals surface area contributed by atoms with Crippen molar-refractivity contribution < 1.29 is 9.90 Å². The van der Waals surface area contributed by atoms with Crippen molar-refractivity contribution in [1.82, 2.24) is 15.0 Å². The Balaban J connectivity index is 1.74. The average molecular weight is 494 g/mol. The highest BCUT2D eigenvalue weighted by atomic mass is 16.4. The molecule has 1 unspecified atom stereocenters. The summed E-state index contributed by atoms with van der Waals surface area (Å²) in [5.74, 6) is -0.976. The van der Waals surface area contributed by atoms with Crippen molar-refractivity contribution >= 4 is 28.2 Å². The maximum absolute atomic E-state index is 12.0. The summed E-state index contributed by atoms with van der Waals surface area (Å²) in [6.07, 6.45) is 0. The number of carbonyl (C=O) groups is 1. The van der Waals surface area contributed by atoms with Crippen LogP contribution in [0.4, 0.5) is 11.4 Å². The van der Waals surface area contributed by atoms with E-state index >= 15 is 0 Å². The van der Waals surface area contributed by atoms with Gasteiger partial charge in [0.25, 0.3) is 0 Å². The number of anilines is 2. The van der Waals surface area contributed by atoms with Crippen molar-refractivity contribution in [3.63, 3.8) is 0 Å². The molecule has 3 aromatic carbocycles. The lowest BCUT2D eigenvalue weighted by Gasteiger charge is -2.13. The van der Waals surface area contributed by atoms with Crippen molar-refractivity contribution in [2.45, 2.75) is 12.8 Å². The Morgan fingerprint density at radius 3 is 1.95 bits per heavy atom. The minimum absolute atomic E-state index is 0.631. The molecule has 3 N–H and O–H groups in total. The predicted octanol–water partition coefficient (Wildman–Crippen LogP) is 6.21. The molecule has 0 bridgehead atoms. The molecule has 0 aliphatic rings. The summed E-state index contributed by atoms with van der Waals surface area (Å²) in [6.45, 7) is 1.70. The van der Waals surface area contributed by atoms with Gasteiger partial charge in [0.2, 0.25) is 0 Å². The Hall–Kier alpha value is -4.52. The van der Waals surface area contributed by atoms with Crippen LogP contribution in [-0.2, 0) is 4.79 Å². The van der Waals surface area contributed by atoms with E-state index in [-0.39, 0.29) is 0 Å². The third-order valence-electron chi connectivity index (χ3n) is 6.81. The fourth-order valence-electron chi connectivity index (χ4n) is 4.62. The van der Waals surface area contributed by atoms with Crippen LogP contribution in [0, 0.1) is 0 Å². The van der Waals surface area contributed by atoms with Crippen LogP contribution in [0.25, 0.3) is 44.8 Å². The van der Waals surface area contributed by atoms with E-state index in [0.717, 1.165) is 50.4 Å². The van der Waals surface area contributed by atoms with Gasteiger partial charge in [-0.05, 0) is 37.3 Å². The molecule has 2 aromatic heterocycles. The summed E-state index contributed by atoms with van der Waals surface area (Å²) in [7, 11) is 8.06. The molecule has 2 heterocycles. The molecule has 37 heavy (non-hydrogen) atoms. The molecule has 0 aliphatic heterocycles. The molecule has 7 nitrogen and oxygen atoms in total. The normalized spacial score (nSPS) is 12.0. The number of carboxylic acids is 1. The number of H-pyrrole nitrogens is 2. The number of aromatic amines is 2. The molecule has 0 saturated heterocycles. The highest BCUT2D eigenvalue weighted by molar-refractivity contribution is 5.99. The Bertz CT molecular complexity index is 1490. The Morgan fingerprint density at radius 2 is 1.38 bits per heavy atom. The zero-order valence-corrected chi connectivity index (χ0v) is 21.7. The number of hydrogen-bond donors (Lipinski definition) is 3. The number of aliphatic carboxylic acids is 1. The number of nitrogens with one attached hydrogen (secondary N) is 2. The fraction of sp³-hybridized carbons (Fsp3) is 0.200. The van der Waals surface area contributed by atoms with Gasteiger partial charge in [0.15, 0.2) is 0 Å². The van der Waals surface area contributed by atoms with Gasteiger partial charge in [-0.15, -0.1) is 0 Å². The van der Waals surface area contributed by atoms with Gasteiger partial charge in [-0.2, -0.15) is 0 Å². The van der Waals surface area contributed by atoms with Gasteiger partial charge >= 0.3 is 5.97 Å². The van der Waals surface area contributed by atoms with Crippen LogP contribution < -0.4 is 9.80 Å². The molecule has 0 saturated carbocycles. The summed E-state index contributed by atoms with van der Waals surface area (Å²) in [4.78, 5) is 28.1. The first kappa shape index (κ1) is 24.2. The zero-order chi connectivity index (χ0) is 26.3. The van der Waals surface area contributed by atoms with Crippen molar-refractivity contribution in [2.24, 2.45) is 0 Å². The highest BCUT2D eigenvalue weighted by Gasteiger charge is 2.26. The van der Waals surface area contributed by atoms with Crippen molar-refractivity contribution in [1.29, 1.82) is 0 Å². The van der Waals surface area contributed by atoms with Crippen molar-refractivity contribution in [3.8, 4) is 33.9 Å². The van der Waals surface area contributed by atoms with E-state index in [2.05, 4.69) is 68.3 Å². The third-order valence-corrected chi connectivity index (χ3v) is 6.81. The molecule has 0 radical (unpaired) electrons. The number of nitrogens with zero attached hydrogens (tertiary/aromatic N) is 3. The fourth-order valence-corrected chi connectivity index (χ4v) is 4.62. The predicted molar refractivity (Wildman–Crippen MR) is 151 cm³/mol. The molecule has 0 amide bonds. The summed E-state index contributed by atoms with van der Waals surface area (Å²) >= 11 is 0. The zero-order valence-electron chi connectivity index (χ0n) is 21.7. The van der Waals surface area contributed by atoms with Crippen molar-refractivity contribution in [2.75, 3.05) is 38.0 Å². The number of carboxylic acid groups (broad SMARTS) is 1. The van der Waals surface area contributed by atoms with Gasteiger partial charge in [0.05, 0.1) is 17.3 Å². The number of hydrogen-bond acceptors (Lipinski definition) is 4. The first-order valence-corrected chi connectivity index (χ1v) is 12.2. The van der Waals surface area contributed by atoms with Gasteiger partial charge in [0, 0.05) is 72.9 Å². The van der Waals surface area contributed by atoms with E-state index in [1.54, 1.807) is 6.92 Å². The van der Waals surface area contributed by atoms with E-state index in [4.69, 9.17) is 4.98 Å². The second-order valence-electron chi connectivity index (χ2n) is 9.71. The second kappa shape index (κ2) is 9.50. The van der Waals surface area contributed by atoms with E-state index < -0.39 is 11.9 Å². The van der Waals surface area contributed by atoms with E-state index in [0.29, 0.717) is 11.5 Å². The van der Waals surface area contributed by atoms with Gasteiger partial charge in [-0.25, -0.2) is 4.98 Å². The second-order valence-corrected chi connectivity index (χ2v) is 9.71. The average Bonchev–Trinajstić information content (AvgIpc) is 3.50. The lowest BCUT2D eigenvalue weighted by atomic mass is 10.0. The van der Waals surface area contributed by atoms with Gasteiger partial charge in [-0.1, -0.05) is 42.5 Å². The van der Waals surface area contributed by atoms with Crippen LogP contribution in [0.15, 0.2) is 72.8 Å². The monoisotopic (exact) mass is 493 g/mol. The third kappa shape index (κ3) is 4.44. The lowest BCUT2D eigenvalue weighted by molar-refractivity contribution is -0.138. The topological polar surface area (TPSA) is 88.2 Å². The standard InChI is InChI=1S/C30H31N5O2/c1-18(30(36)37)26-25(23-8-6-7-9-24(23)31-26)29-32-27(19-10-14-21(15-11-19)34(2)3)28(33-29)20-12-16-22(17-13-20)35(4)5/h6-18,31H,1-5H3,(H,32,33)(H,36,37). The van der Waals surface area contributed by atoms with E-state index in [1.807, 2.05) is 52.5 Å². The molecule has 7 heteroatoms. The molecule has 5 aromatic rings. The largest absolute Gasteiger partial charge is 0.481 e. The minimum atomic E-state index is -0.890. The number of rotatable bonds is 7. The Kier molecular flexibility index (Phi) is 6.21. The van der Waals surface area contributed by atoms with Crippen molar-refractivity contribution in [3.05, 3.63) is 78.5 Å². The molecule has 0 fully saturated rings. The molecule has 0 aliphatic carbocycles. The van der Waals surface area contributed by atoms with Gasteiger partial charge < -0.3 is 24.9 Å². The van der Waals surface area contributed by atoms with Crippen LogP contribution in [0.2, 0.25) is 0 Å². The molecule has 188 valence electrons. The number of benzene rings is 3. The van der Waals surface area contributed by atoms with Crippen LogP contribution in [0.3, 0.4) is 0 Å². The maximum Gasteiger partial charge on any atom is 0.312 e. The van der Waals surface area contributed by atoms with Gasteiger partial charge in [-0.3, -0.25) is 4.79 Å². The minimum Gasteiger partial charge on any atom is -0.481 e. The first-order valence-electron chi connectivity index (χ1n) is 12.2. The smallest absolute Gasteiger partial charge is 0.312 e. The molecule has 5 rings (SSSR count). The Morgan fingerprint density at radius 1 is 0.811 bits per heavy atom. The van der Waals surface area contributed by atoms with Crippen LogP contribution in [0.5, 0.6) is 0 Å². The number of imidazole rings is 1. The maximum atomic E-state index is 12.0.